The van der Waals surface area contributed by atoms with E-state index in [0.29, 0.717) is 31.3 Å². The van der Waals surface area contributed by atoms with E-state index in [0.717, 1.165) is 0 Å². The van der Waals surface area contributed by atoms with Gasteiger partial charge in [0.15, 0.2) is 0 Å². The van der Waals surface area contributed by atoms with Gasteiger partial charge in [0.05, 0.1) is 13.2 Å². The van der Waals surface area contributed by atoms with Gasteiger partial charge in [-0.05, 0) is 33.6 Å². The lowest BCUT2D eigenvalue weighted by Gasteiger charge is -2.33. The molecule has 0 radical (unpaired) electrons. The van der Waals surface area contributed by atoms with E-state index in [2.05, 4.69) is 15.9 Å². The number of halogens is 3. The Kier molecular flexibility index (Phi) is 5.01. The number of alkyl halides is 2. The third kappa shape index (κ3) is 3.31. The molecule has 0 bridgehead atoms. The first kappa shape index (κ1) is 15.7. The van der Waals surface area contributed by atoms with Crippen LogP contribution in [-0.2, 0) is 9.53 Å². The second kappa shape index (κ2) is 6.39. The molecule has 7 heteroatoms. The first-order valence-corrected chi connectivity index (χ1v) is 7.28. The van der Waals surface area contributed by atoms with E-state index < -0.39 is 16.6 Å². The maximum absolute atomic E-state index is 14.6. The Morgan fingerprint density at radius 2 is 1.95 bits per heavy atom. The Bertz CT molecular complexity index is 477. The molecule has 1 saturated heterocycles. The summed E-state index contributed by atoms with van der Waals surface area (Å²) < 4.78 is 17.2. The van der Waals surface area contributed by atoms with Gasteiger partial charge >= 0.3 is 0 Å². The molecule has 1 N–H and O–H groups in total. The molecule has 1 aliphatic rings. The molecule has 1 heterocycles. The van der Waals surface area contributed by atoms with Crippen molar-refractivity contribution in [3.8, 4) is 0 Å². The number of amides is 1. The molecule has 1 aliphatic heterocycles. The monoisotopic (exact) mass is 365 g/mol. The number of hydrogen-bond donors (Lipinski definition) is 1. The van der Waals surface area contributed by atoms with Crippen molar-refractivity contribution in [1.82, 2.24) is 4.90 Å². The van der Waals surface area contributed by atoms with Crippen molar-refractivity contribution in [3.63, 3.8) is 0 Å². The van der Waals surface area contributed by atoms with Gasteiger partial charge in [-0.25, -0.2) is 4.39 Å². The van der Waals surface area contributed by atoms with Crippen LogP contribution in [0.2, 0.25) is 5.02 Å². The van der Waals surface area contributed by atoms with Crippen molar-refractivity contribution in [3.05, 3.63) is 34.9 Å². The fraction of sp³-hybridized carbons (Fsp3) is 0.462. The number of ether oxygens (including phenoxy) is 1. The fourth-order valence-corrected chi connectivity index (χ4v) is 2.59. The second-order valence-corrected chi connectivity index (χ2v) is 6.07. The van der Waals surface area contributed by atoms with Crippen LogP contribution in [0.25, 0.3) is 0 Å². The predicted molar refractivity (Wildman–Crippen MR) is 76.6 cm³/mol. The van der Waals surface area contributed by atoms with Crippen LogP contribution in [0.1, 0.15) is 11.7 Å². The molecule has 0 spiro atoms. The smallest absolute Gasteiger partial charge is 0.274 e. The first-order valence-electron chi connectivity index (χ1n) is 6.11. The summed E-state index contributed by atoms with van der Waals surface area (Å²) in [6, 6.07) is 6.02. The zero-order chi connectivity index (χ0) is 14.8. The van der Waals surface area contributed by atoms with E-state index in [1.54, 1.807) is 0 Å². The van der Waals surface area contributed by atoms with Crippen LogP contribution in [0.5, 0.6) is 0 Å². The molecule has 4 nitrogen and oxygen atoms in total. The molecule has 1 aromatic carbocycles. The highest BCUT2D eigenvalue weighted by Crippen LogP contribution is 2.37. The molecule has 1 fully saturated rings. The first-order chi connectivity index (χ1) is 9.43. The summed E-state index contributed by atoms with van der Waals surface area (Å²) in [5, 5.41) is 10.6. The number of morpholine rings is 1. The molecule has 1 amide bonds. The lowest BCUT2D eigenvalue weighted by atomic mass is 10.0. The largest absolute Gasteiger partial charge is 0.384 e. The molecule has 2 atom stereocenters. The maximum Gasteiger partial charge on any atom is 0.274 e. The number of aliphatic hydroxyl groups excluding tert-OH is 1. The van der Waals surface area contributed by atoms with Crippen molar-refractivity contribution in [2.75, 3.05) is 26.3 Å². The number of rotatable bonds is 3. The van der Waals surface area contributed by atoms with Crippen molar-refractivity contribution in [2.24, 2.45) is 0 Å². The summed E-state index contributed by atoms with van der Waals surface area (Å²) in [5.41, 5.74) is 0.274. The highest BCUT2D eigenvalue weighted by atomic mass is 79.9. The standard InChI is InChI=1S/C13H14BrClFNO3/c14-13(16,12(19)17-5-7-20-8-6-17)11(18)9-1-3-10(15)4-2-9/h1-4,11,18H,5-8H2/t11-,13-/m0/s1. The van der Waals surface area contributed by atoms with Gasteiger partial charge < -0.3 is 14.7 Å². The normalized spacial score (nSPS) is 20.3. The van der Waals surface area contributed by atoms with Crippen LogP contribution >= 0.6 is 27.5 Å². The SMILES string of the molecule is O=C(N1CCOCC1)[C@](F)(Br)[C@@H](O)c1ccc(Cl)cc1. The summed E-state index contributed by atoms with van der Waals surface area (Å²) in [6.45, 7) is 1.35. The van der Waals surface area contributed by atoms with Crippen molar-refractivity contribution in [2.45, 2.75) is 10.7 Å². The molecule has 20 heavy (non-hydrogen) atoms. The summed E-state index contributed by atoms with van der Waals surface area (Å²) in [4.78, 5) is 13.5. The summed E-state index contributed by atoms with van der Waals surface area (Å²) in [6.07, 6.45) is -1.62. The van der Waals surface area contributed by atoms with Gasteiger partial charge in [-0.3, -0.25) is 4.79 Å². The minimum absolute atomic E-state index is 0.274. The van der Waals surface area contributed by atoms with E-state index in [4.69, 9.17) is 16.3 Å². The average molecular weight is 367 g/mol. The predicted octanol–water partition coefficient (Wildman–Crippen LogP) is 2.29. The van der Waals surface area contributed by atoms with Crippen LogP contribution in [0.4, 0.5) is 4.39 Å². The number of aliphatic hydroxyl groups is 1. The van der Waals surface area contributed by atoms with E-state index in [1.807, 2.05) is 0 Å². The summed E-state index contributed by atoms with van der Waals surface area (Å²) in [5.74, 6) is -0.803. The van der Waals surface area contributed by atoms with Gasteiger partial charge in [0, 0.05) is 18.1 Å². The van der Waals surface area contributed by atoms with Gasteiger partial charge in [0.2, 0.25) is 0 Å². The van der Waals surface area contributed by atoms with Crippen molar-refractivity contribution in [1.29, 1.82) is 0 Å². The Morgan fingerprint density at radius 1 is 1.40 bits per heavy atom. The topological polar surface area (TPSA) is 49.8 Å². The number of carbonyl (C=O) groups is 1. The highest BCUT2D eigenvalue weighted by molar-refractivity contribution is 9.10. The van der Waals surface area contributed by atoms with E-state index in [9.17, 15) is 14.3 Å². The Balaban J connectivity index is 2.15. The lowest BCUT2D eigenvalue weighted by Crippen LogP contribution is -2.50. The van der Waals surface area contributed by atoms with E-state index in [-0.39, 0.29) is 5.56 Å². The third-order valence-corrected chi connectivity index (χ3v) is 4.14. The minimum Gasteiger partial charge on any atom is -0.384 e. The maximum atomic E-state index is 14.6. The van der Waals surface area contributed by atoms with Gasteiger partial charge in [-0.15, -0.1) is 0 Å². The van der Waals surface area contributed by atoms with Crippen LogP contribution in [0.15, 0.2) is 24.3 Å². The molecule has 2 rings (SSSR count). The van der Waals surface area contributed by atoms with Crippen LogP contribution in [0.3, 0.4) is 0 Å². The number of hydrogen-bond acceptors (Lipinski definition) is 3. The molecular formula is C13H14BrClFNO3. The zero-order valence-corrected chi connectivity index (χ0v) is 12.9. The number of carbonyl (C=O) groups excluding carboxylic acids is 1. The van der Waals surface area contributed by atoms with Gasteiger partial charge in [-0.1, -0.05) is 23.7 Å². The average Bonchev–Trinajstić information content (AvgIpc) is 2.47. The number of benzene rings is 1. The van der Waals surface area contributed by atoms with Gasteiger partial charge in [0.25, 0.3) is 10.5 Å². The van der Waals surface area contributed by atoms with Gasteiger partial charge in [-0.2, -0.15) is 0 Å². The van der Waals surface area contributed by atoms with E-state index >= 15 is 0 Å². The lowest BCUT2D eigenvalue weighted by molar-refractivity contribution is -0.147. The molecule has 0 saturated carbocycles. The molecule has 110 valence electrons. The van der Waals surface area contributed by atoms with Gasteiger partial charge in [0.1, 0.15) is 6.10 Å². The minimum atomic E-state index is -2.57. The Hall–Kier alpha value is -0.690. The zero-order valence-electron chi connectivity index (χ0n) is 10.6. The van der Waals surface area contributed by atoms with E-state index in [1.165, 1.54) is 29.2 Å². The third-order valence-electron chi connectivity index (χ3n) is 3.11. The molecular weight excluding hydrogens is 353 g/mol. The summed E-state index contributed by atoms with van der Waals surface area (Å²) >= 11 is 8.46. The second-order valence-electron chi connectivity index (χ2n) is 4.48. The molecule has 0 unspecified atom stereocenters. The highest BCUT2D eigenvalue weighted by Gasteiger charge is 2.46. The van der Waals surface area contributed by atoms with Crippen LogP contribution < -0.4 is 0 Å². The quantitative estimate of drug-likeness (QED) is 0.835. The molecule has 1 aromatic rings. The Labute approximate surface area is 129 Å². The number of nitrogens with zero attached hydrogens (tertiary/aromatic N) is 1. The van der Waals surface area contributed by atoms with Crippen molar-refractivity contribution >= 4 is 33.4 Å². The van der Waals surface area contributed by atoms with Crippen LogP contribution in [0, 0.1) is 0 Å². The summed E-state index contributed by atoms with van der Waals surface area (Å²) in [7, 11) is 0. The molecule has 0 aliphatic carbocycles. The van der Waals surface area contributed by atoms with Crippen LogP contribution in [-0.4, -0.2) is 46.8 Å². The molecule has 0 aromatic heterocycles. The fourth-order valence-electron chi connectivity index (χ4n) is 1.95. The van der Waals surface area contributed by atoms with Crippen molar-refractivity contribution < 1.29 is 19.0 Å². The Morgan fingerprint density at radius 3 is 2.50 bits per heavy atom.